The van der Waals surface area contributed by atoms with Gasteiger partial charge in [0.05, 0.1) is 39.6 Å². The molecule has 3 rings (SSSR count). The molecule has 0 spiro atoms. The van der Waals surface area contributed by atoms with Crippen LogP contribution in [0.25, 0.3) is 0 Å². The second-order valence-corrected chi connectivity index (χ2v) is 7.17. The largest absolute Gasteiger partial charge is 0.504 e. The molecule has 0 aliphatic carbocycles. The molecule has 0 radical (unpaired) electrons. The Morgan fingerprint density at radius 3 is 1.39 bits per heavy atom. The average molecular weight is 430 g/mol. The van der Waals surface area contributed by atoms with E-state index in [1.54, 1.807) is 24.3 Å². The number of phenolic OH excluding ortho intramolecular Hbond substituents is 2. The summed E-state index contributed by atoms with van der Waals surface area (Å²) in [4.78, 5) is 0. The van der Waals surface area contributed by atoms with Gasteiger partial charge in [0.2, 0.25) is 0 Å². The molecular formula is C24H30O7. The summed E-state index contributed by atoms with van der Waals surface area (Å²) in [6, 6.07) is 10.5. The van der Waals surface area contributed by atoms with Crippen LogP contribution in [0.15, 0.2) is 48.6 Å². The molecule has 0 fully saturated rings. The third-order valence-electron chi connectivity index (χ3n) is 4.72. The molecule has 0 saturated carbocycles. The molecule has 0 atom stereocenters. The lowest BCUT2D eigenvalue weighted by Gasteiger charge is -2.17. The maximum atomic E-state index is 10.3. The van der Waals surface area contributed by atoms with Crippen molar-refractivity contribution >= 4 is 0 Å². The highest BCUT2D eigenvalue weighted by molar-refractivity contribution is 5.49. The Morgan fingerprint density at radius 2 is 0.968 bits per heavy atom. The van der Waals surface area contributed by atoms with Gasteiger partial charge in [0.25, 0.3) is 0 Å². The molecule has 0 amide bonds. The number of ether oxygens (including phenoxy) is 5. The van der Waals surface area contributed by atoms with Gasteiger partial charge in [0.1, 0.15) is 13.2 Å². The van der Waals surface area contributed by atoms with E-state index in [0.29, 0.717) is 77.2 Å². The Morgan fingerprint density at radius 1 is 0.581 bits per heavy atom. The minimum Gasteiger partial charge on any atom is -0.504 e. The number of allylic oxidation sites excluding steroid dienone is 1. The maximum absolute atomic E-state index is 10.3. The number of aromatic hydroxyl groups is 2. The van der Waals surface area contributed by atoms with Gasteiger partial charge in [-0.25, -0.2) is 0 Å². The molecule has 0 bridgehead atoms. The van der Waals surface area contributed by atoms with Gasteiger partial charge < -0.3 is 33.9 Å². The van der Waals surface area contributed by atoms with Gasteiger partial charge in [-0.3, -0.25) is 0 Å². The Labute approximate surface area is 182 Å². The summed E-state index contributed by atoms with van der Waals surface area (Å²) in [6.07, 6.45) is 1.02. The van der Waals surface area contributed by atoms with Crippen molar-refractivity contribution in [3.05, 3.63) is 59.7 Å². The molecule has 2 aromatic rings. The van der Waals surface area contributed by atoms with E-state index < -0.39 is 0 Å². The smallest absolute Gasteiger partial charge is 0.164 e. The van der Waals surface area contributed by atoms with Gasteiger partial charge in [0.15, 0.2) is 23.0 Å². The first-order valence-electron chi connectivity index (χ1n) is 10.4. The van der Waals surface area contributed by atoms with Crippen LogP contribution in [-0.2, 0) is 27.1 Å². The summed E-state index contributed by atoms with van der Waals surface area (Å²) in [6.45, 7) is 7.41. The summed E-state index contributed by atoms with van der Waals surface area (Å²) >= 11 is 0. The van der Waals surface area contributed by atoms with E-state index in [2.05, 4.69) is 6.58 Å². The number of hydrogen-bond acceptors (Lipinski definition) is 7. The molecule has 2 N–H and O–H groups in total. The summed E-state index contributed by atoms with van der Waals surface area (Å²) in [7, 11) is 0. The van der Waals surface area contributed by atoms with Crippen LogP contribution in [0.1, 0.15) is 11.1 Å². The number of fused-ring (bicyclic) bond motifs is 2. The topological polar surface area (TPSA) is 86.6 Å². The molecule has 7 nitrogen and oxygen atoms in total. The van der Waals surface area contributed by atoms with E-state index in [9.17, 15) is 10.2 Å². The Balaban J connectivity index is 1.75. The van der Waals surface area contributed by atoms with E-state index in [0.717, 1.165) is 16.7 Å². The highest BCUT2D eigenvalue weighted by Gasteiger charge is 2.14. The molecule has 1 aliphatic rings. The van der Waals surface area contributed by atoms with Crippen LogP contribution in [0.4, 0.5) is 0 Å². The summed E-state index contributed by atoms with van der Waals surface area (Å²) in [5, 5.41) is 20.5. The van der Waals surface area contributed by atoms with Gasteiger partial charge >= 0.3 is 0 Å². The Kier molecular flexibility index (Phi) is 9.02. The predicted molar refractivity (Wildman–Crippen MR) is 116 cm³/mol. The van der Waals surface area contributed by atoms with Crippen molar-refractivity contribution in [3.8, 4) is 23.0 Å². The van der Waals surface area contributed by atoms with Crippen molar-refractivity contribution in [2.75, 3.05) is 52.9 Å². The van der Waals surface area contributed by atoms with Crippen molar-refractivity contribution in [1.29, 1.82) is 0 Å². The molecule has 0 saturated heterocycles. The van der Waals surface area contributed by atoms with Crippen LogP contribution in [-0.4, -0.2) is 63.1 Å². The molecule has 1 heterocycles. The average Bonchev–Trinajstić information content (AvgIpc) is 2.74. The molecule has 2 aromatic carbocycles. The van der Waals surface area contributed by atoms with Crippen LogP contribution >= 0.6 is 0 Å². The maximum Gasteiger partial charge on any atom is 0.164 e. The first kappa shape index (κ1) is 22.9. The molecule has 168 valence electrons. The summed E-state index contributed by atoms with van der Waals surface area (Å²) in [5.41, 5.74) is 2.56. The standard InChI is InChI=1S/C24H30O7/c1-18-16-19-4-2-6-21(25)23(19)30-14-12-28-10-8-27-9-11-29-13-15-31-24-20(17-18)5-3-7-22(24)26/h2-7,25-26H,1,8-17H2. The van der Waals surface area contributed by atoms with Gasteiger partial charge in [-0.2, -0.15) is 0 Å². The zero-order valence-corrected chi connectivity index (χ0v) is 17.7. The normalized spacial score (nSPS) is 17.5. The number of para-hydroxylation sites is 2. The first-order chi connectivity index (χ1) is 15.1. The predicted octanol–water partition coefficient (Wildman–Crippen LogP) is 3.26. The lowest BCUT2D eigenvalue weighted by Crippen LogP contribution is -2.15. The van der Waals surface area contributed by atoms with Crippen LogP contribution in [0.5, 0.6) is 23.0 Å². The highest BCUT2D eigenvalue weighted by atomic mass is 16.6. The number of rotatable bonds is 0. The van der Waals surface area contributed by atoms with Gasteiger partial charge in [-0.05, 0) is 25.0 Å². The van der Waals surface area contributed by atoms with Crippen LogP contribution in [0.3, 0.4) is 0 Å². The highest BCUT2D eigenvalue weighted by Crippen LogP contribution is 2.34. The lowest BCUT2D eigenvalue weighted by molar-refractivity contribution is 0.00470. The fourth-order valence-corrected chi connectivity index (χ4v) is 3.30. The number of phenols is 2. The third kappa shape index (κ3) is 7.17. The van der Waals surface area contributed by atoms with Crippen molar-refractivity contribution < 1.29 is 33.9 Å². The fourth-order valence-electron chi connectivity index (χ4n) is 3.30. The van der Waals surface area contributed by atoms with Crippen LogP contribution < -0.4 is 9.47 Å². The Bertz CT molecular complexity index is 782. The van der Waals surface area contributed by atoms with Crippen molar-refractivity contribution in [1.82, 2.24) is 0 Å². The van der Waals surface area contributed by atoms with Crippen LogP contribution in [0, 0.1) is 0 Å². The SMILES string of the molecule is C=C1Cc2cccc(O)c2OCCOCCOCCOCCOc2c(O)cccc2C1. The van der Waals surface area contributed by atoms with Crippen molar-refractivity contribution in [2.24, 2.45) is 0 Å². The second kappa shape index (κ2) is 12.2. The summed E-state index contributed by atoms with van der Waals surface area (Å²) < 4.78 is 28.1. The number of hydrogen-bond donors (Lipinski definition) is 2. The molecule has 31 heavy (non-hydrogen) atoms. The fraction of sp³-hybridized carbons (Fsp3) is 0.417. The second-order valence-electron chi connectivity index (χ2n) is 7.17. The lowest BCUT2D eigenvalue weighted by atomic mass is 9.98. The monoisotopic (exact) mass is 430 g/mol. The molecule has 0 unspecified atom stereocenters. The van der Waals surface area contributed by atoms with Crippen molar-refractivity contribution in [3.63, 3.8) is 0 Å². The third-order valence-corrected chi connectivity index (χ3v) is 4.72. The van der Waals surface area contributed by atoms with Gasteiger partial charge in [0, 0.05) is 11.1 Å². The molecule has 1 aliphatic heterocycles. The van der Waals surface area contributed by atoms with E-state index in [1.165, 1.54) is 0 Å². The quantitative estimate of drug-likeness (QED) is 0.621. The zero-order valence-electron chi connectivity index (χ0n) is 17.7. The summed E-state index contributed by atoms with van der Waals surface area (Å²) in [5.74, 6) is 1.03. The van der Waals surface area contributed by atoms with Gasteiger partial charge in [-0.1, -0.05) is 36.4 Å². The van der Waals surface area contributed by atoms with E-state index >= 15 is 0 Å². The van der Waals surface area contributed by atoms with E-state index in [-0.39, 0.29) is 11.5 Å². The van der Waals surface area contributed by atoms with Gasteiger partial charge in [-0.15, -0.1) is 0 Å². The van der Waals surface area contributed by atoms with Crippen molar-refractivity contribution in [2.45, 2.75) is 12.8 Å². The first-order valence-corrected chi connectivity index (χ1v) is 10.4. The molecule has 0 aromatic heterocycles. The molecular weight excluding hydrogens is 400 g/mol. The number of benzene rings is 2. The van der Waals surface area contributed by atoms with E-state index in [1.807, 2.05) is 12.1 Å². The zero-order chi connectivity index (χ0) is 21.9. The van der Waals surface area contributed by atoms with E-state index in [4.69, 9.17) is 23.7 Å². The minimum absolute atomic E-state index is 0.0807. The van der Waals surface area contributed by atoms with Crippen LogP contribution in [0.2, 0.25) is 0 Å². The molecule has 7 heteroatoms. The minimum atomic E-state index is 0.0807. The Hall–Kier alpha value is -2.74.